The minimum absolute atomic E-state index is 0.00229. The molecule has 0 aromatic heterocycles. The van der Waals surface area contributed by atoms with Crippen molar-refractivity contribution >= 4 is 31.5 Å². The van der Waals surface area contributed by atoms with Gasteiger partial charge in [0.25, 0.3) is 0 Å². The van der Waals surface area contributed by atoms with E-state index in [1.54, 1.807) is 12.1 Å². The van der Waals surface area contributed by atoms with Gasteiger partial charge in [0.05, 0.1) is 10.6 Å². The molecular formula is C13H11BrFNO2S. The predicted octanol–water partition coefficient (Wildman–Crippen LogP) is 3.14. The second-order valence-electron chi connectivity index (χ2n) is 4.02. The first-order valence-electron chi connectivity index (χ1n) is 5.41. The van der Waals surface area contributed by atoms with Crippen molar-refractivity contribution in [2.45, 2.75) is 10.6 Å². The summed E-state index contributed by atoms with van der Waals surface area (Å²) in [6, 6.07) is 10.4. The van der Waals surface area contributed by atoms with Crippen LogP contribution < -0.4 is 5.73 Å². The Bertz CT molecular complexity index is 696. The van der Waals surface area contributed by atoms with E-state index in [1.807, 2.05) is 0 Å². The number of hydrogen-bond donors (Lipinski definition) is 1. The van der Waals surface area contributed by atoms with Crippen molar-refractivity contribution < 1.29 is 12.8 Å². The highest BCUT2D eigenvalue weighted by Crippen LogP contribution is 2.24. The van der Waals surface area contributed by atoms with Crippen LogP contribution in [0.3, 0.4) is 0 Å². The van der Waals surface area contributed by atoms with Gasteiger partial charge in [0.2, 0.25) is 0 Å². The summed E-state index contributed by atoms with van der Waals surface area (Å²) in [5.41, 5.74) is 5.76. The Morgan fingerprint density at radius 3 is 2.47 bits per heavy atom. The molecule has 0 spiro atoms. The molecule has 2 aromatic carbocycles. The van der Waals surface area contributed by atoms with Crippen LogP contribution in [0.25, 0.3) is 0 Å². The van der Waals surface area contributed by atoms with Crippen LogP contribution >= 0.6 is 15.9 Å². The molecule has 0 bridgehead atoms. The zero-order valence-electron chi connectivity index (χ0n) is 9.81. The summed E-state index contributed by atoms with van der Waals surface area (Å²) in [6.07, 6.45) is 0. The molecule has 0 fully saturated rings. The third-order valence-corrected chi connectivity index (χ3v) is 4.78. The van der Waals surface area contributed by atoms with Gasteiger partial charge < -0.3 is 5.73 Å². The number of nitrogens with two attached hydrogens (primary N) is 1. The summed E-state index contributed by atoms with van der Waals surface area (Å²) in [5, 5.41) is 0. The summed E-state index contributed by atoms with van der Waals surface area (Å²) in [5.74, 6) is -1.07. The van der Waals surface area contributed by atoms with Crippen LogP contribution in [0.15, 0.2) is 51.8 Å². The van der Waals surface area contributed by atoms with Crippen molar-refractivity contribution in [1.29, 1.82) is 0 Å². The third kappa shape index (κ3) is 3.13. The Morgan fingerprint density at radius 2 is 1.84 bits per heavy atom. The van der Waals surface area contributed by atoms with E-state index < -0.39 is 21.4 Å². The van der Waals surface area contributed by atoms with Gasteiger partial charge in [-0.2, -0.15) is 0 Å². The molecule has 19 heavy (non-hydrogen) atoms. The third-order valence-electron chi connectivity index (χ3n) is 2.64. The molecule has 0 atom stereocenters. The number of anilines is 1. The van der Waals surface area contributed by atoms with Crippen molar-refractivity contribution in [2.75, 3.05) is 5.73 Å². The average Bonchev–Trinajstić information content (AvgIpc) is 2.34. The number of nitrogen functional groups attached to an aromatic ring is 1. The summed E-state index contributed by atoms with van der Waals surface area (Å²) in [7, 11) is -3.63. The van der Waals surface area contributed by atoms with E-state index in [1.165, 1.54) is 30.3 Å². The Labute approximate surface area is 119 Å². The van der Waals surface area contributed by atoms with E-state index in [2.05, 4.69) is 15.9 Å². The van der Waals surface area contributed by atoms with E-state index in [4.69, 9.17) is 5.73 Å². The monoisotopic (exact) mass is 343 g/mol. The second kappa shape index (κ2) is 5.30. The van der Waals surface area contributed by atoms with Crippen molar-refractivity contribution in [1.82, 2.24) is 0 Å². The van der Waals surface area contributed by atoms with Crippen molar-refractivity contribution in [3.63, 3.8) is 0 Å². The summed E-state index contributed by atoms with van der Waals surface area (Å²) in [4.78, 5) is 0.129. The van der Waals surface area contributed by atoms with Gasteiger partial charge in [-0.05, 0) is 30.3 Å². The fourth-order valence-electron chi connectivity index (χ4n) is 1.66. The standard InChI is InChI=1S/C13H11BrFNO2S/c14-9-3-1-4-10(7-9)19(17,18)8-11-12(15)5-2-6-13(11)16/h1-7H,8,16H2. The highest BCUT2D eigenvalue weighted by molar-refractivity contribution is 9.10. The van der Waals surface area contributed by atoms with Gasteiger partial charge in [-0.15, -0.1) is 0 Å². The van der Waals surface area contributed by atoms with Gasteiger partial charge in [0.15, 0.2) is 9.84 Å². The van der Waals surface area contributed by atoms with E-state index >= 15 is 0 Å². The number of sulfone groups is 1. The molecule has 0 amide bonds. The van der Waals surface area contributed by atoms with E-state index in [0.717, 1.165) is 0 Å². The quantitative estimate of drug-likeness (QED) is 0.871. The van der Waals surface area contributed by atoms with E-state index in [0.29, 0.717) is 4.47 Å². The zero-order chi connectivity index (χ0) is 14.0. The maximum Gasteiger partial charge on any atom is 0.182 e. The van der Waals surface area contributed by atoms with Crippen LogP contribution in [0.2, 0.25) is 0 Å². The summed E-state index contributed by atoms with van der Waals surface area (Å²) in [6.45, 7) is 0. The molecular weight excluding hydrogens is 333 g/mol. The largest absolute Gasteiger partial charge is 0.398 e. The maximum atomic E-state index is 13.6. The van der Waals surface area contributed by atoms with Gasteiger partial charge in [-0.25, -0.2) is 12.8 Å². The van der Waals surface area contributed by atoms with Gasteiger partial charge >= 0.3 is 0 Å². The molecule has 0 saturated carbocycles. The van der Waals surface area contributed by atoms with Gasteiger partial charge in [0.1, 0.15) is 5.82 Å². The first kappa shape index (κ1) is 14.0. The van der Waals surface area contributed by atoms with Gasteiger partial charge in [-0.3, -0.25) is 0 Å². The fourth-order valence-corrected chi connectivity index (χ4v) is 3.66. The lowest BCUT2D eigenvalue weighted by Crippen LogP contribution is -2.08. The normalized spacial score (nSPS) is 11.5. The molecule has 0 saturated heterocycles. The highest BCUT2D eigenvalue weighted by Gasteiger charge is 2.19. The number of hydrogen-bond acceptors (Lipinski definition) is 3. The SMILES string of the molecule is Nc1cccc(F)c1CS(=O)(=O)c1cccc(Br)c1. The average molecular weight is 344 g/mol. The molecule has 0 aliphatic carbocycles. The molecule has 0 unspecified atom stereocenters. The zero-order valence-corrected chi connectivity index (χ0v) is 12.2. The minimum Gasteiger partial charge on any atom is -0.398 e. The Balaban J connectivity index is 2.42. The second-order valence-corrected chi connectivity index (χ2v) is 6.93. The van der Waals surface area contributed by atoms with Crippen LogP contribution in [0.4, 0.5) is 10.1 Å². The highest BCUT2D eigenvalue weighted by atomic mass is 79.9. The fraction of sp³-hybridized carbons (Fsp3) is 0.0769. The van der Waals surface area contributed by atoms with Crippen LogP contribution in [0.5, 0.6) is 0 Å². The summed E-state index contributed by atoms with van der Waals surface area (Å²) < 4.78 is 38.7. The lowest BCUT2D eigenvalue weighted by atomic mass is 10.2. The first-order valence-corrected chi connectivity index (χ1v) is 7.86. The van der Waals surface area contributed by atoms with Gasteiger partial charge in [0, 0.05) is 15.7 Å². The smallest absolute Gasteiger partial charge is 0.182 e. The molecule has 2 rings (SSSR count). The van der Waals surface area contributed by atoms with Crippen molar-refractivity contribution in [3.05, 3.63) is 58.3 Å². The topological polar surface area (TPSA) is 60.2 Å². The molecule has 2 N–H and O–H groups in total. The molecule has 0 radical (unpaired) electrons. The van der Waals surface area contributed by atoms with Crippen LogP contribution in [-0.2, 0) is 15.6 Å². The Morgan fingerprint density at radius 1 is 1.16 bits per heavy atom. The molecule has 2 aromatic rings. The lowest BCUT2D eigenvalue weighted by molar-refractivity contribution is 0.587. The van der Waals surface area contributed by atoms with E-state index in [-0.39, 0.29) is 16.1 Å². The molecule has 0 aliphatic rings. The molecule has 0 heterocycles. The van der Waals surface area contributed by atoms with Crippen LogP contribution in [0, 0.1) is 5.82 Å². The minimum atomic E-state index is -3.63. The van der Waals surface area contributed by atoms with Crippen LogP contribution in [0.1, 0.15) is 5.56 Å². The Kier molecular flexibility index (Phi) is 3.91. The molecule has 3 nitrogen and oxygen atoms in total. The van der Waals surface area contributed by atoms with Crippen molar-refractivity contribution in [2.24, 2.45) is 0 Å². The molecule has 6 heteroatoms. The predicted molar refractivity (Wildman–Crippen MR) is 75.8 cm³/mol. The number of benzene rings is 2. The first-order chi connectivity index (χ1) is 8.90. The lowest BCUT2D eigenvalue weighted by Gasteiger charge is -2.08. The summed E-state index contributed by atoms with van der Waals surface area (Å²) >= 11 is 3.21. The molecule has 0 aliphatic heterocycles. The molecule has 100 valence electrons. The van der Waals surface area contributed by atoms with E-state index in [9.17, 15) is 12.8 Å². The van der Waals surface area contributed by atoms with Crippen molar-refractivity contribution in [3.8, 4) is 0 Å². The van der Waals surface area contributed by atoms with Gasteiger partial charge in [-0.1, -0.05) is 28.1 Å². The Hall–Kier alpha value is -1.40. The number of halogens is 2. The number of rotatable bonds is 3. The van der Waals surface area contributed by atoms with Crippen LogP contribution in [-0.4, -0.2) is 8.42 Å². The maximum absolute atomic E-state index is 13.6.